The number of Topliss-reactive ketones (excluding diaryl/α,β-unsaturated/α-hetero) is 1. The van der Waals surface area contributed by atoms with Gasteiger partial charge in [0.1, 0.15) is 5.78 Å². The molecule has 6 heteroatoms. The second kappa shape index (κ2) is 18.2. The predicted octanol–water partition coefficient (Wildman–Crippen LogP) is 6.21. The first kappa shape index (κ1) is 27.1. The molecule has 1 unspecified atom stereocenters. The average molecular weight is 421 g/mol. The molecule has 0 amide bonds. The van der Waals surface area contributed by atoms with Gasteiger partial charge in [0.2, 0.25) is 0 Å². The molecule has 0 saturated carbocycles. The molecule has 0 heterocycles. The van der Waals surface area contributed by atoms with Gasteiger partial charge in [-0.1, -0.05) is 58.3 Å². The van der Waals surface area contributed by atoms with Crippen LogP contribution in [0, 0.1) is 0 Å². The molecule has 0 bridgehead atoms. The quantitative estimate of drug-likeness (QED) is 0.144. The molecule has 0 fully saturated rings. The normalized spacial score (nSPS) is 13.1. The predicted molar refractivity (Wildman–Crippen MR) is 120 cm³/mol. The Morgan fingerprint density at radius 1 is 0.778 bits per heavy atom. The van der Waals surface area contributed by atoms with Crippen LogP contribution in [0.5, 0.6) is 0 Å². The SMILES string of the molecule is CCCCCCCCCCCC(=O)C(S)CC[Si](OCC)(OCC)OCC. The molecule has 0 rings (SSSR count). The van der Waals surface area contributed by atoms with E-state index in [0.717, 1.165) is 12.8 Å². The Balaban J connectivity index is 4.01. The van der Waals surface area contributed by atoms with Crippen LogP contribution >= 0.6 is 12.6 Å². The molecule has 0 spiro atoms. The molecule has 0 aliphatic heterocycles. The van der Waals surface area contributed by atoms with E-state index in [9.17, 15) is 4.79 Å². The summed E-state index contributed by atoms with van der Waals surface area (Å²) in [6.07, 6.45) is 12.7. The van der Waals surface area contributed by atoms with E-state index in [1.165, 1.54) is 44.9 Å². The van der Waals surface area contributed by atoms with Crippen molar-refractivity contribution >= 4 is 27.2 Å². The number of hydrogen-bond donors (Lipinski definition) is 1. The van der Waals surface area contributed by atoms with Gasteiger partial charge in [0.05, 0.1) is 5.25 Å². The maximum absolute atomic E-state index is 12.4. The van der Waals surface area contributed by atoms with Gasteiger partial charge < -0.3 is 13.3 Å². The lowest BCUT2D eigenvalue weighted by Crippen LogP contribution is -2.46. The Kier molecular flexibility index (Phi) is 18.2. The van der Waals surface area contributed by atoms with Gasteiger partial charge >= 0.3 is 8.80 Å². The molecule has 0 aromatic carbocycles. The van der Waals surface area contributed by atoms with Crippen LogP contribution in [0.2, 0.25) is 6.04 Å². The minimum atomic E-state index is -2.67. The number of rotatable bonds is 20. The maximum Gasteiger partial charge on any atom is 0.500 e. The zero-order valence-corrected chi connectivity index (χ0v) is 20.2. The van der Waals surface area contributed by atoms with Crippen LogP contribution in [0.4, 0.5) is 0 Å². The van der Waals surface area contributed by atoms with Crippen molar-refractivity contribution in [3.05, 3.63) is 0 Å². The number of carbonyl (C=O) groups excluding carboxylic acids is 1. The zero-order valence-electron chi connectivity index (χ0n) is 18.3. The van der Waals surface area contributed by atoms with Crippen molar-refractivity contribution in [3.63, 3.8) is 0 Å². The highest BCUT2D eigenvalue weighted by molar-refractivity contribution is 7.81. The smallest absolute Gasteiger partial charge is 0.374 e. The fourth-order valence-electron chi connectivity index (χ4n) is 3.25. The fraction of sp³-hybridized carbons (Fsp3) is 0.952. The topological polar surface area (TPSA) is 44.8 Å². The number of thiol groups is 1. The molecule has 1 atom stereocenters. The van der Waals surface area contributed by atoms with Crippen LogP contribution in [-0.2, 0) is 18.1 Å². The van der Waals surface area contributed by atoms with Crippen LogP contribution in [0.25, 0.3) is 0 Å². The van der Waals surface area contributed by atoms with E-state index in [1.807, 2.05) is 20.8 Å². The van der Waals surface area contributed by atoms with Crippen LogP contribution in [-0.4, -0.2) is 39.7 Å². The van der Waals surface area contributed by atoms with Crippen LogP contribution < -0.4 is 0 Å². The lowest BCUT2D eigenvalue weighted by Gasteiger charge is -2.29. The molecular weight excluding hydrogens is 376 g/mol. The van der Waals surface area contributed by atoms with Crippen molar-refractivity contribution in [2.24, 2.45) is 0 Å². The van der Waals surface area contributed by atoms with E-state index < -0.39 is 8.80 Å². The van der Waals surface area contributed by atoms with Crippen LogP contribution in [0.1, 0.15) is 98.3 Å². The summed E-state index contributed by atoms with van der Waals surface area (Å²) in [6, 6.07) is 0.653. The summed E-state index contributed by atoms with van der Waals surface area (Å²) >= 11 is 4.54. The second-order valence-electron chi connectivity index (χ2n) is 7.08. The van der Waals surface area contributed by atoms with Crippen LogP contribution in [0.3, 0.4) is 0 Å². The summed E-state index contributed by atoms with van der Waals surface area (Å²) in [4.78, 5) is 12.4. The largest absolute Gasteiger partial charge is 0.500 e. The van der Waals surface area contributed by atoms with E-state index in [-0.39, 0.29) is 11.0 Å². The van der Waals surface area contributed by atoms with E-state index >= 15 is 0 Å². The second-order valence-corrected chi connectivity index (χ2v) is 10.4. The number of unbranched alkanes of at least 4 members (excludes halogenated alkanes) is 8. The highest BCUT2D eigenvalue weighted by atomic mass is 32.1. The van der Waals surface area contributed by atoms with Gasteiger partial charge in [-0.25, -0.2) is 0 Å². The molecule has 0 N–H and O–H groups in total. The first-order valence-electron chi connectivity index (χ1n) is 11.2. The molecule has 0 aliphatic rings. The Labute approximate surface area is 174 Å². The Hall–Kier alpha value is 0.117. The molecule has 0 aromatic rings. The third kappa shape index (κ3) is 13.9. The van der Waals surface area contributed by atoms with E-state index in [0.29, 0.717) is 38.7 Å². The standard InChI is InChI=1S/C21H44O4SSi/c1-5-9-10-11-12-13-14-15-16-17-20(22)21(26)18-19-27(23-6-2,24-7-3)25-8-4/h21,26H,5-19H2,1-4H3. The molecule has 0 aromatic heterocycles. The number of hydrogen-bond acceptors (Lipinski definition) is 5. The molecule has 162 valence electrons. The minimum Gasteiger partial charge on any atom is -0.374 e. The summed E-state index contributed by atoms with van der Waals surface area (Å²) in [7, 11) is -2.67. The van der Waals surface area contributed by atoms with Crippen molar-refractivity contribution in [2.75, 3.05) is 19.8 Å². The van der Waals surface area contributed by atoms with Crippen molar-refractivity contribution in [1.29, 1.82) is 0 Å². The van der Waals surface area contributed by atoms with E-state index in [1.54, 1.807) is 0 Å². The Morgan fingerprint density at radius 3 is 1.67 bits per heavy atom. The highest BCUT2D eigenvalue weighted by Crippen LogP contribution is 2.22. The van der Waals surface area contributed by atoms with Crippen LogP contribution in [0.15, 0.2) is 0 Å². The summed E-state index contributed by atoms with van der Waals surface area (Å²) in [5.41, 5.74) is 0. The average Bonchev–Trinajstić information content (AvgIpc) is 2.65. The van der Waals surface area contributed by atoms with Gasteiger partial charge in [0, 0.05) is 32.3 Å². The minimum absolute atomic E-state index is 0.243. The van der Waals surface area contributed by atoms with Crippen molar-refractivity contribution in [1.82, 2.24) is 0 Å². The van der Waals surface area contributed by atoms with E-state index in [4.69, 9.17) is 13.3 Å². The first-order chi connectivity index (χ1) is 13.0. The molecular formula is C21H44O4SSi. The van der Waals surface area contributed by atoms with Gasteiger partial charge in [-0.15, -0.1) is 0 Å². The van der Waals surface area contributed by atoms with E-state index in [2.05, 4.69) is 19.6 Å². The van der Waals surface area contributed by atoms with Gasteiger partial charge in [-0.05, 0) is 33.6 Å². The number of carbonyl (C=O) groups is 1. The van der Waals surface area contributed by atoms with Crippen molar-refractivity contribution < 1.29 is 18.1 Å². The molecule has 0 aliphatic carbocycles. The summed E-state index contributed by atoms with van der Waals surface area (Å²) in [5, 5.41) is -0.243. The van der Waals surface area contributed by atoms with Gasteiger partial charge in [-0.2, -0.15) is 12.6 Å². The summed E-state index contributed by atoms with van der Waals surface area (Å²) in [6.45, 7) is 9.80. The molecule has 0 radical (unpaired) electrons. The van der Waals surface area contributed by atoms with Gasteiger partial charge in [0.25, 0.3) is 0 Å². The summed E-state index contributed by atoms with van der Waals surface area (Å²) < 4.78 is 17.6. The lowest BCUT2D eigenvalue weighted by atomic mass is 10.0. The maximum atomic E-state index is 12.4. The third-order valence-electron chi connectivity index (χ3n) is 4.72. The molecule has 0 saturated heterocycles. The first-order valence-corrected chi connectivity index (χ1v) is 13.6. The Morgan fingerprint density at radius 2 is 1.22 bits per heavy atom. The fourth-order valence-corrected chi connectivity index (χ4v) is 6.40. The third-order valence-corrected chi connectivity index (χ3v) is 8.35. The molecule has 27 heavy (non-hydrogen) atoms. The highest BCUT2D eigenvalue weighted by Gasteiger charge is 2.40. The zero-order chi connectivity index (χ0) is 20.4. The number of ketones is 1. The lowest BCUT2D eigenvalue weighted by molar-refractivity contribution is -0.118. The van der Waals surface area contributed by atoms with Gasteiger partial charge in [0.15, 0.2) is 0 Å². The van der Waals surface area contributed by atoms with Gasteiger partial charge in [-0.3, -0.25) is 4.79 Å². The van der Waals surface area contributed by atoms with Crippen molar-refractivity contribution in [3.8, 4) is 0 Å². The summed E-state index contributed by atoms with van der Waals surface area (Å²) in [5.74, 6) is 0.244. The Bertz CT molecular complexity index is 338. The van der Waals surface area contributed by atoms with Crippen molar-refractivity contribution in [2.45, 2.75) is 110 Å². The monoisotopic (exact) mass is 420 g/mol. The molecule has 4 nitrogen and oxygen atoms in total.